The zero-order valence-electron chi connectivity index (χ0n) is 14.9. The molecule has 2 amide bonds. The van der Waals surface area contributed by atoms with Gasteiger partial charge in [0.15, 0.2) is 0 Å². The number of hydrogen-bond donors (Lipinski definition) is 1. The zero-order chi connectivity index (χ0) is 18.1. The van der Waals surface area contributed by atoms with Crippen LogP contribution in [0, 0.1) is 0 Å². The van der Waals surface area contributed by atoms with E-state index in [1.54, 1.807) is 4.90 Å². The second-order valence-corrected chi connectivity index (χ2v) is 5.97. The molecule has 0 saturated heterocycles. The first-order valence-corrected chi connectivity index (χ1v) is 8.83. The van der Waals surface area contributed by atoms with Crippen LogP contribution in [0.4, 0.5) is 0 Å². The van der Waals surface area contributed by atoms with E-state index in [0.29, 0.717) is 19.5 Å². The molecule has 2 rings (SSSR count). The summed E-state index contributed by atoms with van der Waals surface area (Å²) in [6, 6.07) is 18.7. The van der Waals surface area contributed by atoms with Gasteiger partial charge in [-0.25, -0.2) is 0 Å². The summed E-state index contributed by atoms with van der Waals surface area (Å²) in [5.74, 6) is -0.171. The van der Waals surface area contributed by atoms with Crippen LogP contribution in [0.25, 0.3) is 0 Å². The predicted octanol–water partition coefficient (Wildman–Crippen LogP) is 3.69. The van der Waals surface area contributed by atoms with Gasteiger partial charge in [-0.2, -0.15) is 0 Å². The highest BCUT2D eigenvalue weighted by molar-refractivity contribution is 5.88. The van der Waals surface area contributed by atoms with Gasteiger partial charge < -0.3 is 10.2 Å². The van der Waals surface area contributed by atoms with Crippen molar-refractivity contribution in [2.45, 2.75) is 39.3 Å². The lowest BCUT2D eigenvalue weighted by Gasteiger charge is -2.31. The van der Waals surface area contributed by atoms with E-state index >= 15 is 0 Å². The van der Waals surface area contributed by atoms with Crippen LogP contribution in [0.15, 0.2) is 60.7 Å². The standard InChI is InChI=1S/C21H26N2O2/c1-3-15-22-21(25)20(18-13-9-6-10-14-18)23(19(24)4-2)16-17-11-7-5-8-12-17/h5-14,20H,3-4,15-16H2,1-2H3,(H,22,25)/t20-/m1/s1. The number of nitrogens with zero attached hydrogens (tertiary/aromatic N) is 1. The van der Waals surface area contributed by atoms with Crippen LogP contribution in [0.5, 0.6) is 0 Å². The van der Waals surface area contributed by atoms with E-state index in [1.807, 2.05) is 74.5 Å². The Hall–Kier alpha value is -2.62. The third-order valence-electron chi connectivity index (χ3n) is 4.04. The normalized spacial score (nSPS) is 11.6. The highest BCUT2D eigenvalue weighted by atomic mass is 16.2. The SMILES string of the molecule is CCCNC(=O)[C@@H](c1ccccc1)N(Cc1ccccc1)C(=O)CC. The average molecular weight is 338 g/mol. The first kappa shape index (κ1) is 18.7. The molecule has 0 unspecified atom stereocenters. The minimum atomic E-state index is -0.625. The van der Waals surface area contributed by atoms with Crippen LogP contribution in [-0.4, -0.2) is 23.3 Å². The second-order valence-electron chi connectivity index (χ2n) is 5.97. The summed E-state index contributed by atoms with van der Waals surface area (Å²) in [5, 5.41) is 2.94. The number of amides is 2. The van der Waals surface area contributed by atoms with Crippen LogP contribution in [0.2, 0.25) is 0 Å². The van der Waals surface area contributed by atoms with Crippen molar-refractivity contribution >= 4 is 11.8 Å². The van der Waals surface area contributed by atoms with Crippen molar-refractivity contribution in [2.75, 3.05) is 6.54 Å². The fourth-order valence-corrected chi connectivity index (χ4v) is 2.76. The summed E-state index contributed by atoms with van der Waals surface area (Å²) in [6.07, 6.45) is 1.21. The van der Waals surface area contributed by atoms with Gasteiger partial charge >= 0.3 is 0 Å². The fraction of sp³-hybridized carbons (Fsp3) is 0.333. The molecule has 1 N–H and O–H groups in total. The average Bonchev–Trinajstić information content (AvgIpc) is 2.67. The highest BCUT2D eigenvalue weighted by Gasteiger charge is 2.30. The van der Waals surface area contributed by atoms with E-state index in [9.17, 15) is 9.59 Å². The molecule has 4 heteroatoms. The molecule has 132 valence electrons. The zero-order valence-corrected chi connectivity index (χ0v) is 14.9. The molecule has 0 heterocycles. The van der Waals surface area contributed by atoms with Gasteiger partial charge in [-0.3, -0.25) is 9.59 Å². The molecule has 4 nitrogen and oxygen atoms in total. The molecular formula is C21H26N2O2. The second kappa shape index (κ2) is 9.62. The van der Waals surface area contributed by atoms with E-state index in [4.69, 9.17) is 0 Å². The summed E-state index contributed by atoms with van der Waals surface area (Å²) in [7, 11) is 0. The van der Waals surface area contributed by atoms with Gasteiger partial charge in [0.1, 0.15) is 6.04 Å². The first-order valence-electron chi connectivity index (χ1n) is 8.83. The van der Waals surface area contributed by atoms with Gasteiger partial charge in [0.25, 0.3) is 0 Å². The number of hydrogen-bond acceptors (Lipinski definition) is 2. The lowest BCUT2D eigenvalue weighted by Crippen LogP contribution is -2.43. The maximum Gasteiger partial charge on any atom is 0.247 e. The van der Waals surface area contributed by atoms with Gasteiger partial charge in [0, 0.05) is 19.5 Å². The van der Waals surface area contributed by atoms with Crippen LogP contribution in [-0.2, 0) is 16.1 Å². The Labute approximate surface area is 149 Å². The number of carbonyl (C=O) groups excluding carboxylic acids is 2. The van der Waals surface area contributed by atoms with E-state index in [1.165, 1.54) is 0 Å². The largest absolute Gasteiger partial charge is 0.354 e. The quantitative estimate of drug-likeness (QED) is 0.798. The summed E-state index contributed by atoms with van der Waals surface area (Å²) in [5.41, 5.74) is 1.84. The van der Waals surface area contributed by atoms with E-state index in [0.717, 1.165) is 17.5 Å². The Morgan fingerprint density at radius 2 is 1.56 bits per heavy atom. The van der Waals surface area contributed by atoms with E-state index in [-0.39, 0.29) is 11.8 Å². The molecule has 0 aromatic heterocycles. The van der Waals surface area contributed by atoms with Gasteiger partial charge in [0.05, 0.1) is 0 Å². The molecule has 0 radical (unpaired) electrons. The smallest absolute Gasteiger partial charge is 0.247 e. The Morgan fingerprint density at radius 1 is 0.960 bits per heavy atom. The van der Waals surface area contributed by atoms with Crippen molar-refractivity contribution in [2.24, 2.45) is 0 Å². The van der Waals surface area contributed by atoms with Crippen LogP contribution in [0.1, 0.15) is 43.9 Å². The third kappa shape index (κ3) is 5.18. The maximum absolute atomic E-state index is 12.8. The number of nitrogens with one attached hydrogen (secondary N) is 1. The number of carbonyl (C=O) groups is 2. The molecule has 0 aliphatic rings. The molecule has 2 aromatic carbocycles. The molecule has 2 aromatic rings. The molecular weight excluding hydrogens is 312 g/mol. The third-order valence-corrected chi connectivity index (χ3v) is 4.04. The molecule has 1 atom stereocenters. The predicted molar refractivity (Wildman–Crippen MR) is 99.8 cm³/mol. The number of rotatable bonds is 8. The Morgan fingerprint density at radius 3 is 2.12 bits per heavy atom. The summed E-state index contributed by atoms with van der Waals surface area (Å²) < 4.78 is 0. The summed E-state index contributed by atoms with van der Waals surface area (Å²) >= 11 is 0. The highest BCUT2D eigenvalue weighted by Crippen LogP contribution is 2.24. The lowest BCUT2D eigenvalue weighted by atomic mass is 10.0. The molecule has 0 fully saturated rings. The van der Waals surface area contributed by atoms with Crippen molar-refractivity contribution in [1.82, 2.24) is 10.2 Å². The molecule has 0 aliphatic heterocycles. The van der Waals surface area contributed by atoms with Gasteiger partial charge in [0.2, 0.25) is 11.8 Å². The van der Waals surface area contributed by atoms with Crippen molar-refractivity contribution in [3.05, 3.63) is 71.8 Å². The van der Waals surface area contributed by atoms with Crippen molar-refractivity contribution < 1.29 is 9.59 Å². The molecule has 0 saturated carbocycles. The first-order chi connectivity index (χ1) is 12.2. The Kier molecular flexibility index (Phi) is 7.20. The summed E-state index contributed by atoms with van der Waals surface area (Å²) in [6.45, 7) is 4.84. The molecule has 0 bridgehead atoms. The van der Waals surface area contributed by atoms with Gasteiger partial charge in [-0.1, -0.05) is 74.5 Å². The minimum Gasteiger partial charge on any atom is -0.354 e. The van der Waals surface area contributed by atoms with Crippen molar-refractivity contribution in [1.29, 1.82) is 0 Å². The minimum absolute atomic E-state index is 0.0376. The van der Waals surface area contributed by atoms with Crippen molar-refractivity contribution in [3.8, 4) is 0 Å². The molecule has 25 heavy (non-hydrogen) atoms. The number of benzene rings is 2. The summed E-state index contributed by atoms with van der Waals surface area (Å²) in [4.78, 5) is 27.2. The van der Waals surface area contributed by atoms with E-state index < -0.39 is 6.04 Å². The monoisotopic (exact) mass is 338 g/mol. The van der Waals surface area contributed by atoms with E-state index in [2.05, 4.69) is 5.32 Å². The fourth-order valence-electron chi connectivity index (χ4n) is 2.76. The van der Waals surface area contributed by atoms with Gasteiger partial charge in [-0.05, 0) is 17.5 Å². The maximum atomic E-state index is 12.8. The lowest BCUT2D eigenvalue weighted by molar-refractivity contribution is -0.141. The van der Waals surface area contributed by atoms with Crippen LogP contribution < -0.4 is 5.32 Å². The Balaban J connectivity index is 2.37. The van der Waals surface area contributed by atoms with Gasteiger partial charge in [-0.15, -0.1) is 0 Å². The van der Waals surface area contributed by atoms with Crippen molar-refractivity contribution in [3.63, 3.8) is 0 Å². The molecule has 0 aliphatic carbocycles. The topological polar surface area (TPSA) is 49.4 Å². The van der Waals surface area contributed by atoms with Crippen LogP contribution in [0.3, 0.4) is 0 Å². The van der Waals surface area contributed by atoms with Crippen LogP contribution >= 0.6 is 0 Å². The Bertz CT molecular complexity index is 671. The molecule has 0 spiro atoms.